The van der Waals surface area contributed by atoms with Gasteiger partial charge in [-0.25, -0.2) is 8.42 Å². The number of ether oxygens (including phenoxy) is 2. The zero-order chi connectivity index (χ0) is 24.2. The van der Waals surface area contributed by atoms with Crippen LogP contribution in [0.25, 0.3) is 0 Å². The van der Waals surface area contributed by atoms with Crippen LogP contribution in [0.1, 0.15) is 34.6 Å². The first kappa shape index (κ1) is 24.4. The Morgan fingerprint density at radius 1 is 0.848 bits per heavy atom. The first-order valence-corrected chi connectivity index (χ1v) is 11.8. The summed E-state index contributed by atoms with van der Waals surface area (Å²) in [5.74, 6) is 0.156. The van der Waals surface area contributed by atoms with Crippen molar-refractivity contribution in [1.29, 1.82) is 0 Å². The van der Waals surface area contributed by atoms with Gasteiger partial charge in [0.05, 0.1) is 12.0 Å². The number of hydrogen-bond donors (Lipinski definition) is 0. The van der Waals surface area contributed by atoms with E-state index in [2.05, 4.69) is 0 Å². The van der Waals surface area contributed by atoms with E-state index in [0.29, 0.717) is 22.6 Å². The van der Waals surface area contributed by atoms with Gasteiger partial charge in [-0.1, -0.05) is 12.1 Å². The Balaban J connectivity index is 1.58. The lowest BCUT2D eigenvalue weighted by Crippen LogP contribution is -2.51. The highest BCUT2D eigenvalue weighted by molar-refractivity contribution is 7.89. The van der Waals surface area contributed by atoms with Crippen molar-refractivity contribution in [3.05, 3.63) is 53.6 Å². The summed E-state index contributed by atoms with van der Waals surface area (Å²) in [5.41, 5.74) is 0.913. The Morgan fingerprint density at radius 3 is 1.97 bits per heavy atom. The van der Waals surface area contributed by atoms with E-state index in [1.165, 1.54) is 49.5 Å². The number of carbonyl (C=O) groups excluding carboxylic acids is 3. The molecule has 1 amide bonds. The summed E-state index contributed by atoms with van der Waals surface area (Å²) in [7, 11) is -2.27. The zero-order valence-electron chi connectivity index (χ0n) is 18.7. The molecule has 0 spiro atoms. The minimum Gasteiger partial charge on any atom is -0.493 e. The molecular weight excluding hydrogens is 448 g/mol. The van der Waals surface area contributed by atoms with Gasteiger partial charge in [-0.2, -0.15) is 4.31 Å². The normalized spacial score (nSPS) is 14.6. The van der Waals surface area contributed by atoms with Gasteiger partial charge in [-0.05, 0) is 44.2 Å². The highest BCUT2D eigenvalue weighted by Gasteiger charge is 2.30. The third-order valence-electron chi connectivity index (χ3n) is 5.41. The maximum Gasteiger partial charge on any atom is 0.260 e. The minimum absolute atomic E-state index is 0.108. The summed E-state index contributed by atoms with van der Waals surface area (Å²) in [6.45, 7) is 3.38. The molecule has 1 saturated heterocycles. The smallest absolute Gasteiger partial charge is 0.260 e. The second-order valence-corrected chi connectivity index (χ2v) is 9.51. The number of Topliss-reactive ketones (excluding diaryl/α,β-unsaturated/α-hetero) is 2. The number of carbonyl (C=O) groups is 3. The number of hydrogen-bond acceptors (Lipinski definition) is 7. The molecule has 2 aromatic carbocycles. The van der Waals surface area contributed by atoms with Crippen LogP contribution in [0.2, 0.25) is 0 Å². The first-order chi connectivity index (χ1) is 15.6. The van der Waals surface area contributed by atoms with Gasteiger partial charge in [0, 0.05) is 37.3 Å². The van der Waals surface area contributed by atoms with E-state index in [-0.39, 0.29) is 55.2 Å². The van der Waals surface area contributed by atoms with Crippen molar-refractivity contribution in [1.82, 2.24) is 9.21 Å². The minimum atomic E-state index is -3.72. The van der Waals surface area contributed by atoms with Crippen LogP contribution in [0.4, 0.5) is 0 Å². The van der Waals surface area contributed by atoms with E-state index in [1.807, 2.05) is 0 Å². The van der Waals surface area contributed by atoms with Crippen molar-refractivity contribution in [2.45, 2.75) is 18.7 Å². The van der Waals surface area contributed by atoms with Crippen LogP contribution in [0.15, 0.2) is 47.4 Å². The number of ketones is 2. The highest BCUT2D eigenvalue weighted by Crippen LogP contribution is 2.28. The average molecular weight is 475 g/mol. The maximum atomic E-state index is 12.9. The van der Waals surface area contributed by atoms with Gasteiger partial charge in [0.25, 0.3) is 5.91 Å². The van der Waals surface area contributed by atoms with Crippen LogP contribution in [0.3, 0.4) is 0 Å². The third kappa shape index (κ3) is 5.58. The largest absolute Gasteiger partial charge is 0.493 e. The Hall–Kier alpha value is -3.24. The van der Waals surface area contributed by atoms with Gasteiger partial charge >= 0.3 is 0 Å². The Bertz CT molecular complexity index is 1150. The van der Waals surface area contributed by atoms with Crippen LogP contribution in [-0.4, -0.2) is 75.0 Å². The average Bonchev–Trinajstić information content (AvgIpc) is 2.82. The molecule has 176 valence electrons. The molecule has 0 bridgehead atoms. The van der Waals surface area contributed by atoms with Crippen LogP contribution < -0.4 is 9.47 Å². The fourth-order valence-electron chi connectivity index (χ4n) is 3.43. The molecule has 0 N–H and O–H groups in total. The van der Waals surface area contributed by atoms with Crippen molar-refractivity contribution in [3.8, 4) is 11.5 Å². The van der Waals surface area contributed by atoms with Crippen LogP contribution in [-0.2, 0) is 14.8 Å². The lowest BCUT2D eigenvalue weighted by atomic mass is 10.1. The number of sulfonamides is 1. The Morgan fingerprint density at radius 2 is 1.42 bits per heavy atom. The van der Waals surface area contributed by atoms with Crippen LogP contribution in [0, 0.1) is 0 Å². The molecule has 1 aliphatic rings. The van der Waals surface area contributed by atoms with Gasteiger partial charge in [0.2, 0.25) is 10.0 Å². The molecule has 1 heterocycles. The molecule has 0 saturated carbocycles. The first-order valence-electron chi connectivity index (χ1n) is 10.3. The summed E-state index contributed by atoms with van der Waals surface area (Å²) in [5, 5.41) is 0. The molecule has 9 nitrogen and oxygen atoms in total. The predicted octanol–water partition coefficient (Wildman–Crippen LogP) is 2.01. The molecule has 10 heteroatoms. The van der Waals surface area contributed by atoms with E-state index >= 15 is 0 Å². The Labute approximate surface area is 192 Å². The van der Waals surface area contributed by atoms with Crippen molar-refractivity contribution in [2.24, 2.45) is 0 Å². The summed E-state index contributed by atoms with van der Waals surface area (Å²) in [6, 6.07) is 10.5. The zero-order valence-corrected chi connectivity index (χ0v) is 19.6. The molecule has 1 fully saturated rings. The van der Waals surface area contributed by atoms with Crippen LogP contribution >= 0.6 is 0 Å². The summed E-state index contributed by atoms with van der Waals surface area (Å²) in [6.07, 6.45) is 0. The number of nitrogens with zero attached hydrogens (tertiary/aromatic N) is 2. The van der Waals surface area contributed by atoms with Crippen molar-refractivity contribution in [2.75, 3.05) is 39.9 Å². The molecule has 0 unspecified atom stereocenters. The molecule has 0 aliphatic carbocycles. The summed E-state index contributed by atoms with van der Waals surface area (Å²) in [4.78, 5) is 37.1. The van der Waals surface area contributed by atoms with E-state index < -0.39 is 10.0 Å². The molecular formula is C23H26N2O7S. The van der Waals surface area contributed by atoms with Crippen molar-refractivity contribution < 1.29 is 32.3 Å². The molecule has 0 aromatic heterocycles. The maximum absolute atomic E-state index is 12.9. The fourth-order valence-corrected chi connectivity index (χ4v) is 4.85. The van der Waals surface area contributed by atoms with E-state index in [0.717, 1.165) is 0 Å². The quantitative estimate of drug-likeness (QED) is 0.538. The molecule has 33 heavy (non-hydrogen) atoms. The molecule has 3 rings (SSSR count). The second kappa shape index (κ2) is 10.1. The SMILES string of the molecule is COc1cc(C(C)=O)ccc1OCC(=O)N1CCN(S(=O)(=O)c2ccc(C(C)=O)cc2)CC1. The topological polar surface area (TPSA) is 110 Å². The predicted molar refractivity (Wildman–Crippen MR) is 120 cm³/mol. The van der Waals surface area contributed by atoms with Gasteiger partial charge in [-0.15, -0.1) is 0 Å². The van der Waals surface area contributed by atoms with Gasteiger partial charge < -0.3 is 14.4 Å². The van der Waals surface area contributed by atoms with Gasteiger partial charge in [0.1, 0.15) is 0 Å². The standard InChI is InChI=1S/C23H26N2O7S/c1-16(26)18-4-7-20(8-5-18)33(29,30)25-12-10-24(11-13-25)23(28)15-32-21-9-6-19(17(2)27)14-22(21)31-3/h4-9,14H,10-13,15H2,1-3H3. The second-order valence-electron chi connectivity index (χ2n) is 7.58. The van der Waals surface area contributed by atoms with Gasteiger partial charge in [-0.3, -0.25) is 14.4 Å². The van der Waals surface area contributed by atoms with E-state index in [9.17, 15) is 22.8 Å². The van der Waals surface area contributed by atoms with E-state index in [4.69, 9.17) is 9.47 Å². The molecule has 0 atom stereocenters. The summed E-state index contributed by atoms with van der Waals surface area (Å²) >= 11 is 0. The van der Waals surface area contributed by atoms with Gasteiger partial charge in [0.15, 0.2) is 29.7 Å². The molecule has 2 aromatic rings. The number of piperazine rings is 1. The third-order valence-corrected chi connectivity index (χ3v) is 7.32. The van der Waals surface area contributed by atoms with Crippen molar-refractivity contribution in [3.63, 3.8) is 0 Å². The van der Waals surface area contributed by atoms with Crippen molar-refractivity contribution >= 4 is 27.5 Å². The number of methoxy groups -OCH3 is 1. The number of rotatable bonds is 8. The fraction of sp³-hybridized carbons (Fsp3) is 0.348. The van der Waals surface area contributed by atoms with E-state index in [1.54, 1.807) is 23.1 Å². The van der Waals surface area contributed by atoms with Crippen LogP contribution in [0.5, 0.6) is 11.5 Å². The molecule has 1 aliphatic heterocycles. The lowest BCUT2D eigenvalue weighted by molar-refractivity contribution is -0.134. The Kier molecular flexibility index (Phi) is 7.50. The monoisotopic (exact) mass is 474 g/mol. The highest BCUT2D eigenvalue weighted by atomic mass is 32.2. The molecule has 0 radical (unpaired) electrons. The summed E-state index contributed by atoms with van der Waals surface area (Å²) < 4.78 is 37.9. The lowest BCUT2D eigenvalue weighted by Gasteiger charge is -2.34. The number of amides is 1. The number of benzene rings is 2.